The maximum absolute atomic E-state index is 12.3. The Balaban J connectivity index is 1.61. The smallest absolute Gasteiger partial charge is 0.275 e. The molecule has 2 aromatic carbocycles. The van der Waals surface area contributed by atoms with Crippen molar-refractivity contribution in [2.24, 2.45) is 0 Å². The molecule has 0 radical (unpaired) electrons. The van der Waals surface area contributed by atoms with Crippen molar-refractivity contribution in [1.82, 2.24) is 15.3 Å². The second kappa shape index (κ2) is 8.79. The first-order valence-electron chi connectivity index (χ1n) is 8.88. The number of nitrogens with zero attached hydrogens (tertiary/aromatic N) is 1. The molecular formula is C20H22ClN4O2+. The number of rotatable bonds is 7. The van der Waals surface area contributed by atoms with Crippen LogP contribution in [0.1, 0.15) is 18.3 Å². The lowest BCUT2D eigenvalue weighted by molar-refractivity contribution is -0.904. The summed E-state index contributed by atoms with van der Waals surface area (Å²) in [7, 11) is 0. The lowest BCUT2D eigenvalue weighted by Gasteiger charge is -2.17. The average molecular weight is 386 g/mol. The highest BCUT2D eigenvalue weighted by Crippen LogP contribution is 2.09. The van der Waals surface area contributed by atoms with E-state index in [2.05, 4.69) is 15.3 Å². The molecule has 1 amide bonds. The fourth-order valence-electron chi connectivity index (χ4n) is 2.86. The molecule has 3 aromatic rings. The first-order chi connectivity index (χ1) is 13.0. The number of amides is 1. The first-order valence-corrected chi connectivity index (χ1v) is 9.25. The molecular weight excluding hydrogens is 364 g/mol. The second-order valence-corrected chi connectivity index (χ2v) is 6.83. The number of likely N-dealkylation sites (N-methyl/N-ethyl adjacent to an activating group) is 1. The van der Waals surface area contributed by atoms with Crippen LogP contribution in [0, 0.1) is 0 Å². The van der Waals surface area contributed by atoms with Crippen molar-refractivity contribution in [3.05, 3.63) is 75.3 Å². The molecule has 1 unspecified atom stereocenters. The van der Waals surface area contributed by atoms with Crippen LogP contribution in [0.2, 0.25) is 5.02 Å². The number of aromatic amines is 1. The number of carbonyl (C=O) groups is 1. The van der Waals surface area contributed by atoms with Gasteiger partial charge >= 0.3 is 0 Å². The molecule has 0 fully saturated rings. The summed E-state index contributed by atoms with van der Waals surface area (Å²) in [6.07, 6.45) is 0. The molecule has 0 aliphatic heterocycles. The van der Waals surface area contributed by atoms with Gasteiger partial charge in [0.15, 0.2) is 12.4 Å². The van der Waals surface area contributed by atoms with E-state index in [1.165, 1.54) is 0 Å². The zero-order valence-corrected chi connectivity index (χ0v) is 15.8. The number of nitrogens with one attached hydrogen (secondary N) is 3. The minimum atomic E-state index is -0.154. The number of hydrogen-bond donors (Lipinski definition) is 3. The van der Waals surface area contributed by atoms with E-state index in [1.54, 1.807) is 18.2 Å². The molecule has 1 heterocycles. The molecule has 7 heteroatoms. The molecule has 1 aromatic heterocycles. The maximum Gasteiger partial charge on any atom is 0.275 e. The van der Waals surface area contributed by atoms with Gasteiger partial charge in [0.25, 0.3) is 11.5 Å². The van der Waals surface area contributed by atoms with Crippen LogP contribution < -0.4 is 15.8 Å². The molecule has 0 bridgehead atoms. The lowest BCUT2D eigenvalue weighted by Crippen LogP contribution is -3.11. The first kappa shape index (κ1) is 19.1. The Hall–Kier alpha value is -2.70. The number of H-pyrrole nitrogens is 1. The topological polar surface area (TPSA) is 79.3 Å². The Morgan fingerprint density at radius 3 is 2.67 bits per heavy atom. The summed E-state index contributed by atoms with van der Waals surface area (Å²) in [6.45, 7) is 3.98. The van der Waals surface area contributed by atoms with Crippen LogP contribution in [0.3, 0.4) is 0 Å². The summed E-state index contributed by atoms with van der Waals surface area (Å²) in [5.74, 6) is 0.533. The van der Waals surface area contributed by atoms with Crippen molar-refractivity contribution in [2.75, 3.05) is 13.1 Å². The lowest BCUT2D eigenvalue weighted by atomic mass is 10.2. The number of fused-ring (bicyclic) bond motifs is 1. The van der Waals surface area contributed by atoms with E-state index in [1.807, 2.05) is 37.3 Å². The molecule has 0 aliphatic rings. The summed E-state index contributed by atoms with van der Waals surface area (Å²) in [5, 5.41) is 4.15. The van der Waals surface area contributed by atoms with E-state index in [0.29, 0.717) is 41.4 Å². The number of hydrogen-bond acceptors (Lipinski definition) is 3. The highest BCUT2D eigenvalue weighted by Gasteiger charge is 2.15. The van der Waals surface area contributed by atoms with Gasteiger partial charge in [0.05, 0.1) is 17.4 Å². The number of quaternary nitrogens is 1. The Morgan fingerprint density at radius 2 is 1.93 bits per heavy atom. The molecule has 0 spiro atoms. The van der Waals surface area contributed by atoms with E-state index < -0.39 is 0 Å². The van der Waals surface area contributed by atoms with Gasteiger partial charge in [-0.2, -0.15) is 0 Å². The summed E-state index contributed by atoms with van der Waals surface area (Å²) < 4.78 is 0. The van der Waals surface area contributed by atoms with Gasteiger partial charge in [-0.1, -0.05) is 35.9 Å². The van der Waals surface area contributed by atoms with Crippen molar-refractivity contribution in [3.63, 3.8) is 0 Å². The molecule has 3 rings (SSSR count). The van der Waals surface area contributed by atoms with E-state index in [9.17, 15) is 9.59 Å². The van der Waals surface area contributed by atoms with Gasteiger partial charge in [-0.3, -0.25) is 9.59 Å². The Kier molecular flexibility index (Phi) is 6.21. The van der Waals surface area contributed by atoms with Crippen molar-refractivity contribution in [3.8, 4) is 0 Å². The van der Waals surface area contributed by atoms with Crippen molar-refractivity contribution >= 4 is 28.4 Å². The van der Waals surface area contributed by atoms with Crippen LogP contribution in [-0.4, -0.2) is 29.0 Å². The Labute approximate surface area is 162 Å². The Morgan fingerprint density at radius 1 is 1.19 bits per heavy atom. The average Bonchev–Trinajstić information content (AvgIpc) is 2.67. The minimum absolute atomic E-state index is 0.0510. The molecule has 0 aliphatic carbocycles. The van der Waals surface area contributed by atoms with E-state index >= 15 is 0 Å². The molecule has 6 nitrogen and oxygen atoms in total. The third-order valence-corrected chi connectivity index (χ3v) is 4.64. The number of para-hydroxylation sites is 1. The largest absolute Gasteiger partial charge is 0.347 e. The van der Waals surface area contributed by atoms with Crippen LogP contribution in [-0.2, 0) is 17.9 Å². The predicted molar refractivity (Wildman–Crippen MR) is 106 cm³/mol. The van der Waals surface area contributed by atoms with Crippen molar-refractivity contribution in [1.29, 1.82) is 0 Å². The highest BCUT2D eigenvalue weighted by atomic mass is 35.5. The molecule has 0 saturated heterocycles. The molecule has 27 heavy (non-hydrogen) atoms. The number of halogens is 1. The monoisotopic (exact) mass is 385 g/mol. The third-order valence-electron chi connectivity index (χ3n) is 4.39. The normalized spacial score (nSPS) is 12.1. The molecule has 0 saturated carbocycles. The van der Waals surface area contributed by atoms with E-state index in [0.717, 1.165) is 17.0 Å². The Bertz CT molecular complexity index is 985. The SMILES string of the molecule is CC[NH+](CC(=O)NCc1ccc(Cl)cc1)Cc1nc2ccccc2c(=O)[nH]1. The van der Waals surface area contributed by atoms with Crippen molar-refractivity contribution < 1.29 is 9.69 Å². The van der Waals surface area contributed by atoms with E-state index in [-0.39, 0.29) is 11.5 Å². The second-order valence-electron chi connectivity index (χ2n) is 6.39. The quantitative estimate of drug-likeness (QED) is 0.573. The van der Waals surface area contributed by atoms with Gasteiger partial charge in [0, 0.05) is 11.6 Å². The summed E-state index contributed by atoms with van der Waals surface area (Å²) >= 11 is 5.86. The predicted octanol–water partition coefficient (Wildman–Crippen LogP) is 1.30. The van der Waals surface area contributed by atoms with Gasteiger partial charge in [-0.15, -0.1) is 0 Å². The van der Waals surface area contributed by atoms with Crippen molar-refractivity contribution in [2.45, 2.75) is 20.0 Å². The fraction of sp³-hybridized carbons (Fsp3) is 0.250. The summed E-state index contributed by atoms with van der Waals surface area (Å²) in [4.78, 5) is 32.8. The minimum Gasteiger partial charge on any atom is -0.347 e. The fourth-order valence-corrected chi connectivity index (χ4v) is 2.99. The number of aromatic nitrogens is 2. The van der Waals surface area contributed by atoms with Gasteiger partial charge in [0.2, 0.25) is 0 Å². The standard InChI is InChI=1S/C20H21ClN4O2/c1-2-25(13-19(26)22-11-14-7-9-15(21)10-8-14)12-18-23-17-6-4-3-5-16(17)20(27)24-18/h3-10H,2,11-13H2,1H3,(H,22,26)(H,23,24,27)/p+1. The van der Waals surface area contributed by atoms with Gasteiger partial charge in [0.1, 0.15) is 6.54 Å². The van der Waals surface area contributed by atoms with Gasteiger partial charge in [-0.25, -0.2) is 4.98 Å². The summed E-state index contributed by atoms with van der Waals surface area (Å²) in [6, 6.07) is 14.6. The molecule has 1 atom stereocenters. The van der Waals surface area contributed by atoms with Crippen LogP contribution >= 0.6 is 11.6 Å². The zero-order valence-electron chi connectivity index (χ0n) is 15.1. The number of benzene rings is 2. The molecule has 140 valence electrons. The van der Waals surface area contributed by atoms with Gasteiger partial charge in [-0.05, 0) is 36.8 Å². The number of carbonyl (C=O) groups excluding carboxylic acids is 1. The van der Waals surface area contributed by atoms with Crippen LogP contribution in [0.5, 0.6) is 0 Å². The highest BCUT2D eigenvalue weighted by molar-refractivity contribution is 6.30. The van der Waals surface area contributed by atoms with E-state index in [4.69, 9.17) is 11.6 Å². The van der Waals surface area contributed by atoms with Crippen LogP contribution in [0.4, 0.5) is 0 Å². The van der Waals surface area contributed by atoms with Crippen LogP contribution in [0.15, 0.2) is 53.3 Å². The molecule has 3 N–H and O–H groups in total. The van der Waals surface area contributed by atoms with Gasteiger partial charge < -0.3 is 15.2 Å². The zero-order chi connectivity index (χ0) is 19.2. The maximum atomic E-state index is 12.3. The third kappa shape index (κ3) is 5.15. The van der Waals surface area contributed by atoms with Crippen LogP contribution in [0.25, 0.3) is 10.9 Å². The summed E-state index contributed by atoms with van der Waals surface area (Å²) in [5.41, 5.74) is 1.50.